The minimum absolute atomic E-state index is 0.242. The maximum Gasteiger partial charge on any atom is 0.334 e. The Balaban J connectivity index is 2.79. The maximum absolute atomic E-state index is 12.5. The first-order valence-corrected chi connectivity index (χ1v) is 4.47. The van der Waals surface area contributed by atoms with Gasteiger partial charge in [0.2, 0.25) is 0 Å². The standard InChI is InChI=1S/C11H11FO3/c1-2-15-11(14)7-10(13)8-3-5-9(12)6-4-8/h3-7,13H,2H2,1H3/b10-7-. The Morgan fingerprint density at radius 1 is 1.47 bits per heavy atom. The van der Waals surface area contributed by atoms with Crippen LogP contribution in [0.25, 0.3) is 5.76 Å². The molecule has 0 saturated heterocycles. The summed E-state index contributed by atoms with van der Waals surface area (Å²) in [5.74, 6) is -1.27. The van der Waals surface area contributed by atoms with E-state index in [2.05, 4.69) is 4.74 Å². The number of rotatable bonds is 3. The van der Waals surface area contributed by atoms with Crippen molar-refractivity contribution in [1.82, 2.24) is 0 Å². The van der Waals surface area contributed by atoms with Crippen LogP contribution in [0.2, 0.25) is 0 Å². The van der Waals surface area contributed by atoms with Gasteiger partial charge in [-0.1, -0.05) is 0 Å². The number of carbonyl (C=O) groups excluding carboxylic acids is 1. The molecule has 0 aliphatic carbocycles. The zero-order valence-electron chi connectivity index (χ0n) is 8.24. The lowest BCUT2D eigenvalue weighted by molar-refractivity contribution is -0.137. The molecule has 0 atom stereocenters. The number of aliphatic hydroxyl groups excluding tert-OH is 1. The van der Waals surface area contributed by atoms with Gasteiger partial charge in [0.15, 0.2) is 0 Å². The molecule has 4 heteroatoms. The van der Waals surface area contributed by atoms with Crippen molar-refractivity contribution in [2.45, 2.75) is 6.92 Å². The lowest BCUT2D eigenvalue weighted by atomic mass is 10.2. The quantitative estimate of drug-likeness (QED) is 0.473. The molecule has 80 valence electrons. The zero-order chi connectivity index (χ0) is 11.3. The topological polar surface area (TPSA) is 46.5 Å². The molecule has 1 aromatic carbocycles. The van der Waals surface area contributed by atoms with E-state index in [4.69, 9.17) is 0 Å². The number of aliphatic hydroxyl groups is 1. The molecular weight excluding hydrogens is 199 g/mol. The van der Waals surface area contributed by atoms with E-state index < -0.39 is 11.8 Å². The molecule has 15 heavy (non-hydrogen) atoms. The van der Waals surface area contributed by atoms with E-state index in [1.54, 1.807) is 6.92 Å². The third kappa shape index (κ3) is 3.42. The van der Waals surface area contributed by atoms with Gasteiger partial charge in [-0.3, -0.25) is 0 Å². The highest BCUT2D eigenvalue weighted by atomic mass is 19.1. The van der Waals surface area contributed by atoms with E-state index in [-0.39, 0.29) is 12.4 Å². The number of halogens is 1. The van der Waals surface area contributed by atoms with Crippen LogP contribution < -0.4 is 0 Å². The summed E-state index contributed by atoms with van der Waals surface area (Å²) in [4.78, 5) is 11.0. The summed E-state index contributed by atoms with van der Waals surface area (Å²) >= 11 is 0. The molecule has 1 aromatic rings. The molecule has 0 amide bonds. The smallest absolute Gasteiger partial charge is 0.334 e. The lowest BCUT2D eigenvalue weighted by Gasteiger charge is -2.00. The second-order valence-electron chi connectivity index (χ2n) is 2.79. The summed E-state index contributed by atoms with van der Waals surface area (Å²) in [5, 5.41) is 9.45. The predicted octanol–water partition coefficient (Wildman–Crippen LogP) is 2.29. The maximum atomic E-state index is 12.5. The SMILES string of the molecule is CCOC(=O)/C=C(\O)c1ccc(F)cc1. The highest BCUT2D eigenvalue weighted by Crippen LogP contribution is 2.11. The van der Waals surface area contributed by atoms with Crippen LogP contribution in [0.15, 0.2) is 30.3 Å². The third-order valence-corrected chi connectivity index (χ3v) is 1.68. The Morgan fingerprint density at radius 3 is 2.60 bits per heavy atom. The molecule has 0 unspecified atom stereocenters. The van der Waals surface area contributed by atoms with Crippen molar-refractivity contribution in [1.29, 1.82) is 0 Å². The Morgan fingerprint density at radius 2 is 2.07 bits per heavy atom. The van der Waals surface area contributed by atoms with Gasteiger partial charge in [-0.05, 0) is 31.2 Å². The summed E-state index contributed by atoms with van der Waals surface area (Å²) < 4.78 is 17.1. The average Bonchev–Trinajstić information content (AvgIpc) is 2.18. The van der Waals surface area contributed by atoms with Gasteiger partial charge < -0.3 is 9.84 Å². The molecule has 0 spiro atoms. The van der Waals surface area contributed by atoms with Gasteiger partial charge in [0.25, 0.3) is 0 Å². The number of benzene rings is 1. The van der Waals surface area contributed by atoms with Gasteiger partial charge in [0.05, 0.1) is 12.7 Å². The van der Waals surface area contributed by atoms with E-state index >= 15 is 0 Å². The Labute approximate surface area is 86.8 Å². The Kier molecular flexibility index (Phi) is 3.85. The summed E-state index contributed by atoms with van der Waals surface area (Å²) in [5.41, 5.74) is 0.365. The summed E-state index contributed by atoms with van der Waals surface area (Å²) in [7, 11) is 0. The van der Waals surface area contributed by atoms with Gasteiger partial charge in [0, 0.05) is 5.56 Å². The van der Waals surface area contributed by atoms with Crippen LogP contribution >= 0.6 is 0 Å². The summed E-state index contributed by atoms with van der Waals surface area (Å²) in [6, 6.07) is 5.15. The van der Waals surface area contributed by atoms with Gasteiger partial charge in [-0.2, -0.15) is 0 Å². The minimum atomic E-state index is -0.626. The van der Waals surface area contributed by atoms with Gasteiger partial charge >= 0.3 is 5.97 Å². The third-order valence-electron chi connectivity index (χ3n) is 1.68. The van der Waals surface area contributed by atoms with Crippen molar-refractivity contribution in [2.24, 2.45) is 0 Å². The molecule has 0 heterocycles. The zero-order valence-corrected chi connectivity index (χ0v) is 8.24. The molecule has 0 radical (unpaired) electrons. The van der Waals surface area contributed by atoms with Crippen molar-refractivity contribution in [2.75, 3.05) is 6.61 Å². The number of ether oxygens (including phenoxy) is 1. The molecule has 0 aromatic heterocycles. The first kappa shape index (κ1) is 11.2. The Hall–Kier alpha value is -1.84. The van der Waals surface area contributed by atoms with Crippen LogP contribution in [-0.2, 0) is 9.53 Å². The van der Waals surface area contributed by atoms with Gasteiger partial charge in [-0.15, -0.1) is 0 Å². The van der Waals surface area contributed by atoms with Crippen LogP contribution in [0.5, 0.6) is 0 Å². The first-order valence-electron chi connectivity index (χ1n) is 4.47. The van der Waals surface area contributed by atoms with Crippen molar-refractivity contribution in [3.63, 3.8) is 0 Å². The second kappa shape index (κ2) is 5.14. The molecule has 1 N–H and O–H groups in total. The van der Waals surface area contributed by atoms with Crippen LogP contribution in [-0.4, -0.2) is 17.7 Å². The number of esters is 1. The van der Waals surface area contributed by atoms with Gasteiger partial charge in [0.1, 0.15) is 11.6 Å². The first-order chi connectivity index (χ1) is 7.13. The fourth-order valence-electron chi connectivity index (χ4n) is 1.000. The van der Waals surface area contributed by atoms with Crippen molar-refractivity contribution in [3.8, 4) is 0 Å². The molecule has 3 nitrogen and oxygen atoms in total. The lowest BCUT2D eigenvalue weighted by Crippen LogP contribution is -2.00. The molecule has 1 rings (SSSR count). The monoisotopic (exact) mass is 210 g/mol. The van der Waals surface area contributed by atoms with E-state index in [0.717, 1.165) is 6.08 Å². The Bertz CT molecular complexity index is 368. The largest absolute Gasteiger partial charge is 0.507 e. The molecule has 0 aliphatic heterocycles. The molecule has 0 bridgehead atoms. The van der Waals surface area contributed by atoms with Crippen molar-refractivity contribution >= 4 is 11.7 Å². The van der Waals surface area contributed by atoms with Crippen LogP contribution in [0, 0.1) is 5.82 Å². The van der Waals surface area contributed by atoms with Crippen LogP contribution in [0.4, 0.5) is 4.39 Å². The fraction of sp³-hybridized carbons (Fsp3) is 0.182. The predicted molar refractivity (Wildman–Crippen MR) is 53.6 cm³/mol. The van der Waals surface area contributed by atoms with Crippen LogP contribution in [0.1, 0.15) is 12.5 Å². The number of hydrogen-bond acceptors (Lipinski definition) is 3. The molecule has 0 fully saturated rings. The molecular formula is C11H11FO3. The normalized spacial score (nSPS) is 11.2. The number of carbonyl (C=O) groups is 1. The highest BCUT2D eigenvalue weighted by Gasteiger charge is 2.03. The fourth-order valence-corrected chi connectivity index (χ4v) is 1.000. The number of hydrogen-bond donors (Lipinski definition) is 1. The van der Waals surface area contributed by atoms with Crippen LogP contribution in [0.3, 0.4) is 0 Å². The van der Waals surface area contributed by atoms with E-state index in [1.165, 1.54) is 24.3 Å². The molecule has 0 aliphatic rings. The average molecular weight is 210 g/mol. The van der Waals surface area contributed by atoms with E-state index in [9.17, 15) is 14.3 Å². The summed E-state index contributed by atoms with van der Waals surface area (Å²) in [6.45, 7) is 1.91. The van der Waals surface area contributed by atoms with Crippen molar-refractivity contribution < 1.29 is 19.0 Å². The molecule has 0 saturated carbocycles. The minimum Gasteiger partial charge on any atom is -0.507 e. The summed E-state index contributed by atoms with van der Waals surface area (Å²) in [6.07, 6.45) is 0.955. The van der Waals surface area contributed by atoms with Gasteiger partial charge in [-0.25, -0.2) is 9.18 Å². The van der Waals surface area contributed by atoms with E-state index in [1.807, 2.05) is 0 Å². The van der Waals surface area contributed by atoms with Crippen molar-refractivity contribution in [3.05, 3.63) is 41.7 Å². The highest BCUT2D eigenvalue weighted by molar-refractivity contribution is 5.89. The van der Waals surface area contributed by atoms with E-state index in [0.29, 0.717) is 5.56 Å². The second-order valence-corrected chi connectivity index (χ2v) is 2.79.